The third-order valence-corrected chi connectivity index (χ3v) is 12.5. The molecule has 0 fully saturated rings. The lowest BCUT2D eigenvalue weighted by atomic mass is 9.83. The van der Waals surface area contributed by atoms with Crippen LogP contribution in [0.4, 0.5) is 5.69 Å². The molecule has 0 saturated carbocycles. The van der Waals surface area contributed by atoms with Crippen LogP contribution in [0.2, 0.25) is 18.1 Å². The van der Waals surface area contributed by atoms with Gasteiger partial charge in [0.2, 0.25) is 17.4 Å². The van der Waals surface area contributed by atoms with E-state index in [1.807, 2.05) is 25.1 Å². The quantitative estimate of drug-likeness (QED) is 0.246. The molecule has 2 N–H and O–H groups in total. The van der Waals surface area contributed by atoms with Gasteiger partial charge in [0.15, 0.2) is 8.32 Å². The number of aromatic nitrogens is 2. The molecule has 2 bridgehead atoms. The number of hydrogen-bond acceptors (Lipinski definition) is 5. The van der Waals surface area contributed by atoms with E-state index >= 15 is 0 Å². The van der Waals surface area contributed by atoms with Crippen molar-refractivity contribution in [1.82, 2.24) is 9.55 Å². The Bertz CT molecular complexity index is 1430. The molecule has 2 atom stereocenters. The molecule has 182 valence electrons. The van der Waals surface area contributed by atoms with Gasteiger partial charge in [0.1, 0.15) is 11.2 Å². The number of hydrogen-bond donors (Lipinski definition) is 2. The Labute approximate surface area is 206 Å². The average Bonchev–Trinajstić information content (AvgIpc) is 3.37. The maximum Gasteiger partial charge on any atom is 0.213 e. The van der Waals surface area contributed by atoms with Crippen LogP contribution in [0, 0.1) is 6.57 Å². The monoisotopic (exact) mass is 489 g/mol. The van der Waals surface area contributed by atoms with Gasteiger partial charge in [-0.15, -0.1) is 0 Å². The molecule has 2 aliphatic rings. The second-order valence-electron chi connectivity index (χ2n) is 11.1. The van der Waals surface area contributed by atoms with Crippen molar-refractivity contribution in [3.8, 4) is 17.4 Å². The largest absolute Gasteiger partial charge is 0.494 e. The number of nitrogens with zero attached hydrogens (tertiary/aromatic N) is 3. The Kier molecular flexibility index (Phi) is 5.02. The van der Waals surface area contributed by atoms with Crippen LogP contribution >= 0.6 is 0 Å². The first-order valence-corrected chi connectivity index (χ1v) is 14.7. The Balaban J connectivity index is 1.60. The Morgan fingerprint density at radius 1 is 1.14 bits per heavy atom. The molecule has 0 aliphatic carbocycles. The van der Waals surface area contributed by atoms with Gasteiger partial charge in [0.25, 0.3) is 0 Å². The normalized spacial score (nSPS) is 23.1. The van der Waals surface area contributed by atoms with Gasteiger partial charge in [0.05, 0.1) is 28.9 Å². The van der Waals surface area contributed by atoms with Gasteiger partial charge in [-0.05, 0) is 49.3 Å². The first kappa shape index (κ1) is 23.6. The molecule has 2 aromatic heterocycles. The molecule has 2 aliphatic heterocycles. The fourth-order valence-electron chi connectivity index (χ4n) is 5.02. The van der Waals surface area contributed by atoms with E-state index in [0.717, 1.165) is 0 Å². The van der Waals surface area contributed by atoms with Crippen molar-refractivity contribution in [2.45, 2.75) is 63.5 Å². The third kappa shape index (κ3) is 3.26. The van der Waals surface area contributed by atoms with E-state index in [4.69, 9.17) is 15.7 Å². The van der Waals surface area contributed by atoms with Gasteiger partial charge in [-0.2, -0.15) is 0 Å². The molecule has 5 rings (SSSR count). The number of pyridine rings is 1. The second-order valence-corrected chi connectivity index (χ2v) is 15.9. The Morgan fingerprint density at radius 3 is 2.54 bits per heavy atom. The van der Waals surface area contributed by atoms with Crippen LogP contribution in [0.15, 0.2) is 42.6 Å². The molecule has 0 amide bonds. The van der Waals surface area contributed by atoms with Gasteiger partial charge in [0, 0.05) is 24.6 Å². The van der Waals surface area contributed by atoms with Crippen LogP contribution in [0.1, 0.15) is 45.2 Å². The van der Waals surface area contributed by atoms with Crippen LogP contribution in [-0.4, -0.2) is 34.7 Å². The van der Waals surface area contributed by atoms with Crippen LogP contribution in [-0.2, 0) is 20.4 Å². The zero-order chi connectivity index (χ0) is 25.4. The van der Waals surface area contributed by atoms with Crippen molar-refractivity contribution < 1.29 is 19.4 Å². The molecular formula is C27H31N3O4Si. The van der Waals surface area contributed by atoms with E-state index in [9.17, 15) is 10.2 Å². The summed E-state index contributed by atoms with van der Waals surface area (Å²) in [4.78, 5) is 7.94. The first-order valence-electron chi connectivity index (χ1n) is 11.8. The van der Waals surface area contributed by atoms with Crippen molar-refractivity contribution in [2.75, 3.05) is 6.61 Å². The lowest BCUT2D eigenvalue weighted by molar-refractivity contribution is -0.0720. The SMILES string of the molecule is [C-]#[N+]c1ccc(-n2c(O)c3c(c2O)C2(CCO[Si](C)(C)C(C)(C)C)C=CC3(C)O2)c2cccnc12. The summed E-state index contributed by atoms with van der Waals surface area (Å²) in [5, 5.41) is 23.7. The fraction of sp³-hybridized carbons (Fsp3) is 0.407. The van der Waals surface area contributed by atoms with Gasteiger partial charge in [-0.1, -0.05) is 32.9 Å². The van der Waals surface area contributed by atoms with E-state index in [0.29, 0.717) is 46.4 Å². The van der Waals surface area contributed by atoms with Gasteiger partial charge >= 0.3 is 0 Å². The van der Waals surface area contributed by atoms with Crippen molar-refractivity contribution in [3.05, 3.63) is 65.2 Å². The molecule has 0 radical (unpaired) electrons. The summed E-state index contributed by atoms with van der Waals surface area (Å²) in [5.41, 5.74) is 0.891. The molecule has 0 spiro atoms. The summed E-state index contributed by atoms with van der Waals surface area (Å²) in [7, 11) is -1.96. The van der Waals surface area contributed by atoms with Gasteiger partial charge < -0.3 is 19.4 Å². The molecule has 0 saturated heterocycles. The smallest absolute Gasteiger partial charge is 0.213 e. The minimum Gasteiger partial charge on any atom is -0.494 e. The molecule has 3 aromatic rings. The van der Waals surface area contributed by atoms with Crippen LogP contribution in [0.5, 0.6) is 11.8 Å². The lowest BCUT2D eigenvalue weighted by Crippen LogP contribution is -2.41. The van der Waals surface area contributed by atoms with Crippen molar-refractivity contribution >= 4 is 24.9 Å². The first-order chi connectivity index (χ1) is 16.4. The maximum atomic E-state index is 11.5. The van der Waals surface area contributed by atoms with Crippen molar-refractivity contribution in [3.63, 3.8) is 0 Å². The summed E-state index contributed by atoms with van der Waals surface area (Å²) in [6, 6.07) is 7.01. The average molecular weight is 490 g/mol. The molecule has 2 unspecified atom stereocenters. The topological polar surface area (TPSA) is 81.1 Å². The van der Waals surface area contributed by atoms with Gasteiger partial charge in [-0.3, -0.25) is 9.55 Å². The molecule has 35 heavy (non-hydrogen) atoms. The van der Waals surface area contributed by atoms with Crippen molar-refractivity contribution in [2.24, 2.45) is 0 Å². The van der Waals surface area contributed by atoms with Crippen LogP contribution in [0.3, 0.4) is 0 Å². The molecule has 4 heterocycles. The van der Waals surface area contributed by atoms with E-state index in [1.165, 1.54) is 4.57 Å². The van der Waals surface area contributed by atoms with Gasteiger partial charge in [-0.25, -0.2) is 4.85 Å². The number of ether oxygens (including phenoxy) is 1. The van der Waals surface area contributed by atoms with E-state index in [-0.39, 0.29) is 16.8 Å². The highest BCUT2D eigenvalue weighted by atomic mass is 28.4. The highest BCUT2D eigenvalue weighted by Gasteiger charge is 2.58. The lowest BCUT2D eigenvalue weighted by Gasteiger charge is -2.37. The summed E-state index contributed by atoms with van der Waals surface area (Å²) in [5.74, 6) is -0.143. The molecule has 8 heteroatoms. The number of fused-ring (bicyclic) bond motifs is 6. The predicted octanol–water partition coefficient (Wildman–Crippen LogP) is 6.41. The number of aromatic hydroxyl groups is 2. The summed E-state index contributed by atoms with van der Waals surface area (Å²) in [6.45, 7) is 20.9. The summed E-state index contributed by atoms with van der Waals surface area (Å²) >= 11 is 0. The number of rotatable bonds is 5. The molecule has 1 aromatic carbocycles. The Morgan fingerprint density at radius 2 is 1.86 bits per heavy atom. The van der Waals surface area contributed by atoms with E-state index < -0.39 is 19.5 Å². The zero-order valence-electron chi connectivity index (χ0n) is 21.0. The molecular weight excluding hydrogens is 458 g/mol. The van der Waals surface area contributed by atoms with Crippen LogP contribution in [0.25, 0.3) is 21.4 Å². The highest BCUT2D eigenvalue weighted by Crippen LogP contribution is 2.62. The number of benzene rings is 1. The summed E-state index contributed by atoms with van der Waals surface area (Å²) < 4.78 is 14.3. The third-order valence-electron chi connectivity index (χ3n) is 7.93. The second kappa shape index (κ2) is 7.44. The van der Waals surface area contributed by atoms with E-state index in [2.05, 4.69) is 43.7 Å². The molecule has 7 nitrogen and oxygen atoms in total. The zero-order valence-corrected chi connectivity index (χ0v) is 22.0. The Hall–Kier alpha value is -3.12. The van der Waals surface area contributed by atoms with Crippen LogP contribution < -0.4 is 0 Å². The van der Waals surface area contributed by atoms with E-state index in [1.54, 1.807) is 24.4 Å². The fourth-order valence-corrected chi connectivity index (χ4v) is 6.06. The highest BCUT2D eigenvalue weighted by molar-refractivity contribution is 6.74. The predicted molar refractivity (Wildman–Crippen MR) is 138 cm³/mol. The standard InChI is InChI=1S/C27H31N3O4Si/c1-25(2,3)35(6,7)33-16-14-27-13-12-26(4,34-27)20-21(27)24(32)30(23(20)31)19-11-10-18(28-5)22-17(19)9-8-15-29-22/h8-13,15,31-32H,14,16H2,1-4,6-7H3. The summed E-state index contributed by atoms with van der Waals surface area (Å²) in [6.07, 6.45) is 6.09. The minimum absolute atomic E-state index is 0.0707. The maximum absolute atomic E-state index is 11.5. The minimum atomic E-state index is -1.96. The van der Waals surface area contributed by atoms with Crippen molar-refractivity contribution in [1.29, 1.82) is 0 Å².